The van der Waals surface area contributed by atoms with Gasteiger partial charge in [0, 0.05) is 55.6 Å². The maximum absolute atomic E-state index is 13.9. The van der Waals surface area contributed by atoms with E-state index in [1.807, 2.05) is 42.5 Å². The average molecular weight is 921 g/mol. The zero-order valence-electron chi connectivity index (χ0n) is 38.2. The van der Waals surface area contributed by atoms with Gasteiger partial charge in [0.05, 0.1) is 36.0 Å². The number of aromatic nitrogens is 4. The fraction of sp³-hybridized carbons (Fsp3) is 0.196. The highest BCUT2D eigenvalue weighted by Gasteiger charge is 2.44. The van der Waals surface area contributed by atoms with Gasteiger partial charge >= 0.3 is 0 Å². The van der Waals surface area contributed by atoms with E-state index in [2.05, 4.69) is 133 Å². The van der Waals surface area contributed by atoms with Gasteiger partial charge in [-0.1, -0.05) is 108 Å². The molecule has 0 radical (unpaired) electrons. The molecule has 9 N–H and O–H groups in total. The Morgan fingerprint density at radius 1 is 0.609 bits per heavy atom. The lowest BCUT2D eigenvalue weighted by Crippen LogP contribution is -2.59. The molecule has 6 atom stereocenters. The number of H-pyrrole nitrogens is 2. The van der Waals surface area contributed by atoms with Crippen LogP contribution in [0.15, 0.2) is 121 Å². The molecule has 1 saturated heterocycles. The van der Waals surface area contributed by atoms with Crippen molar-refractivity contribution in [3.8, 4) is 44.5 Å². The number of nitrogens with one attached hydrogen (secondary N) is 3. The van der Waals surface area contributed by atoms with Crippen LogP contribution in [0.3, 0.4) is 0 Å². The molecule has 13 nitrogen and oxygen atoms in total. The van der Waals surface area contributed by atoms with Crippen LogP contribution >= 0.6 is 0 Å². The number of carbonyl (C=O) groups is 1. The first-order valence-corrected chi connectivity index (χ1v) is 22.9. The summed E-state index contributed by atoms with van der Waals surface area (Å²) in [5.41, 5.74) is 23.6. The predicted molar refractivity (Wildman–Crippen MR) is 271 cm³/mol. The number of aliphatic hydroxyl groups excluding tert-OH is 4. The minimum Gasteiger partial charge on any atom is -0.394 e. The zero-order valence-corrected chi connectivity index (χ0v) is 38.2. The van der Waals surface area contributed by atoms with Gasteiger partial charge in [-0.3, -0.25) is 4.79 Å². The van der Waals surface area contributed by atoms with Crippen molar-refractivity contribution in [2.45, 2.75) is 57.5 Å². The third-order valence-electron chi connectivity index (χ3n) is 12.9. The molecule has 4 aromatic carbocycles. The molecule has 0 unspecified atom stereocenters. The predicted octanol–water partition coefficient (Wildman–Crippen LogP) is 8.33. The van der Waals surface area contributed by atoms with Gasteiger partial charge in [0.25, 0.3) is 0 Å². The van der Waals surface area contributed by atoms with Crippen molar-refractivity contribution >= 4 is 58.0 Å². The number of aryl methyl sites for hydroxylation is 3. The second-order valence-corrected chi connectivity index (χ2v) is 17.8. The van der Waals surface area contributed by atoms with Crippen LogP contribution in [0.25, 0.3) is 90.9 Å². The van der Waals surface area contributed by atoms with Crippen LogP contribution in [-0.4, -0.2) is 96.2 Å². The number of nitrogens with two attached hydrogens (primary N) is 1. The van der Waals surface area contributed by atoms with E-state index in [0.717, 1.165) is 89.2 Å². The number of hydrogen-bond donors (Lipinski definition) is 8. The average Bonchev–Trinajstić information content (AvgIpc) is 4.21. The molecule has 69 heavy (non-hydrogen) atoms. The lowest BCUT2D eigenvalue weighted by atomic mass is 9.99. The maximum Gasteiger partial charge on any atom is 0.243 e. The molecule has 348 valence electrons. The van der Waals surface area contributed by atoms with Crippen LogP contribution in [0.1, 0.15) is 39.5 Å². The van der Waals surface area contributed by atoms with E-state index in [9.17, 15) is 25.2 Å². The molecule has 7 aromatic rings. The maximum atomic E-state index is 13.9. The van der Waals surface area contributed by atoms with Crippen molar-refractivity contribution in [3.63, 3.8) is 0 Å². The summed E-state index contributed by atoms with van der Waals surface area (Å²) in [4.78, 5) is 32.3. The smallest absolute Gasteiger partial charge is 0.243 e. The Labute approximate surface area is 398 Å². The molecule has 10 rings (SSSR count). The fourth-order valence-corrected chi connectivity index (χ4v) is 9.08. The Morgan fingerprint density at radius 2 is 1.03 bits per heavy atom. The molecule has 0 saturated carbocycles. The van der Waals surface area contributed by atoms with Gasteiger partial charge in [-0.05, 0) is 92.1 Å². The van der Waals surface area contributed by atoms with E-state index in [-0.39, 0.29) is 0 Å². The first kappa shape index (κ1) is 45.5. The molecule has 3 aromatic heterocycles. The SMILES string of the molecule is Cc1ccc(-c2c3nc(c(-c4ccc(C)cc4)c4ccc([nH]4)c(-c4ccccc4NC(=O)[C@@H](N)CO[C@@H]4O[C@H](CO)[C@@H](O)[C@H](O)[C@H]4O)c4nc(c(-c5ccc(C)cc5)c5ccc2[nH]5)C=C4)C=C3)cc1. The largest absolute Gasteiger partial charge is 0.394 e. The molecular weight excluding hydrogens is 869 g/mol. The van der Waals surface area contributed by atoms with E-state index in [1.54, 1.807) is 6.07 Å². The number of anilines is 1. The molecule has 1 fully saturated rings. The van der Waals surface area contributed by atoms with Crippen molar-refractivity contribution in [1.29, 1.82) is 0 Å². The summed E-state index contributed by atoms with van der Waals surface area (Å²) in [5, 5.41) is 43.6. The molecule has 13 heteroatoms. The molecule has 8 bridgehead atoms. The van der Waals surface area contributed by atoms with E-state index in [4.69, 9.17) is 25.2 Å². The topological polar surface area (TPSA) is 212 Å². The summed E-state index contributed by atoms with van der Waals surface area (Å²) in [6.07, 6.45) is 0.650. The first-order valence-electron chi connectivity index (χ1n) is 22.9. The lowest BCUT2D eigenvalue weighted by molar-refractivity contribution is -0.301. The number of ether oxygens (including phenoxy) is 2. The highest BCUT2D eigenvalue weighted by atomic mass is 16.7. The Hall–Kier alpha value is -7.33. The van der Waals surface area contributed by atoms with Crippen LogP contribution in [0.4, 0.5) is 5.69 Å². The van der Waals surface area contributed by atoms with Gasteiger partial charge in [0.2, 0.25) is 5.91 Å². The van der Waals surface area contributed by atoms with Gasteiger partial charge in [0.15, 0.2) is 6.29 Å². The third kappa shape index (κ3) is 8.96. The van der Waals surface area contributed by atoms with Gasteiger partial charge in [-0.25, -0.2) is 9.97 Å². The standard InChI is InChI=1S/C56H52N6O7/c1-30-8-14-33(15-9-30)48-39-20-22-41(58-39)49(34-16-10-31(2)11-17-34)43-24-26-45(60-43)51(46-27-25-44(61-46)50(42-23-21-40(48)59-42)35-18-12-32(3)13-19-35)36-6-4-5-7-38(36)62-55(67)37(57)29-68-56-54(66)53(65)52(64)47(28-63)69-56/h4-27,37,47,52-54,56,58,61,63-66H,28-29,57H2,1-3H3,(H,62,67)/t37-,47+,52+,53-,54+,56+/m0/s1. The Morgan fingerprint density at radius 3 is 1.48 bits per heavy atom. The Kier molecular flexibility index (Phi) is 12.5. The number of para-hydroxylation sites is 1. The van der Waals surface area contributed by atoms with E-state index < -0.39 is 55.9 Å². The van der Waals surface area contributed by atoms with E-state index >= 15 is 0 Å². The molecule has 1 amide bonds. The number of hydrogen-bond acceptors (Lipinski definition) is 10. The van der Waals surface area contributed by atoms with Crippen LogP contribution in [0.2, 0.25) is 0 Å². The Balaban J connectivity index is 1.17. The number of aliphatic hydroxyl groups is 4. The second-order valence-electron chi connectivity index (χ2n) is 17.8. The van der Waals surface area contributed by atoms with Crippen molar-refractivity contribution in [2.75, 3.05) is 18.5 Å². The van der Waals surface area contributed by atoms with Crippen LogP contribution < -0.4 is 11.1 Å². The van der Waals surface area contributed by atoms with Crippen LogP contribution in [0.5, 0.6) is 0 Å². The van der Waals surface area contributed by atoms with Crippen molar-refractivity contribution in [1.82, 2.24) is 19.9 Å². The Bertz CT molecular complexity index is 3260. The summed E-state index contributed by atoms with van der Waals surface area (Å²) in [6, 6.07) is 39.7. The molecule has 6 heterocycles. The van der Waals surface area contributed by atoms with Gasteiger partial charge in [-0.2, -0.15) is 0 Å². The molecule has 3 aliphatic heterocycles. The molecular formula is C56H52N6O7. The van der Waals surface area contributed by atoms with E-state index in [1.165, 1.54) is 0 Å². The molecule has 0 spiro atoms. The number of fused-ring (bicyclic) bond motifs is 8. The minimum absolute atomic E-state index is 0.418. The minimum atomic E-state index is -1.65. The second kappa shape index (κ2) is 19.0. The van der Waals surface area contributed by atoms with Crippen LogP contribution in [-0.2, 0) is 14.3 Å². The number of amides is 1. The third-order valence-corrected chi connectivity index (χ3v) is 12.9. The summed E-state index contributed by atoms with van der Waals surface area (Å²) >= 11 is 0. The highest BCUT2D eigenvalue weighted by Crippen LogP contribution is 2.40. The molecule has 0 aliphatic carbocycles. The summed E-state index contributed by atoms with van der Waals surface area (Å²) < 4.78 is 11.1. The summed E-state index contributed by atoms with van der Waals surface area (Å²) in [6.45, 7) is 5.16. The number of carbonyl (C=O) groups excluding carboxylic acids is 1. The number of nitrogens with zero attached hydrogens (tertiary/aromatic N) is 2. The quantitative estimate of drug-likeness (QED) is 0.0657. The molecule has 3 aliphatic rings. The highest BCUT2D eigenvalue weighted by molar-refractivity contribution is 6.04. The normalized spacial score (nSPS) is 19.2. The first-order chi connectivity index (χ1) is 33.4. The van der Waals surface area contributed by atoms with Crippen molar-refractivity contribution in [3.05, 3.63) is 161 Å². The number of rotatable bonds is 10. The van der Waals surface area contributed by atoms with Gasteiger partial charge in [-0.15, -0.1) is 0 Å². The summed E-state index contributed by atoms with van der Waals surface area (Å²) in [7, 11) is 0. The monoisotopic (exact) mass is 920 g/mol. The summed E-state index contributed by atoms with van der Waals surface area (Å²) in [5.74, 6) is -0.600. The fourth-order valence-electron chi connectivity index (χ4n) is 9.08. The van der Waals surface area contributed by atoms with Gasteiger partial charge < -0.3 is 50.9 Å². The lowest BCUT2D eigenvalue weighted by Gasteiger charge is -2.39. The van der Waals surface area contributed by atoms with E-state index in [0.29, 0.717) is 22.5 Å². The van der Waals surface area contributed by atoms with Crippen molar-refractivity contribution in [2.24, 2.45) is 5.73 Å². The van der Waals surface area contributed by atoms with Crippen molar-refractivity contribution < 1.29 is 34.7 Å². The number of aromatic amines is 2. The number of benzene rings is 4. The zero-order chi connectivity index (χ0) is 47.9. The van der Waals surface area contributed by atoms with Gasteiger partial charge in [0.1, 0.15) is 30.5 Å². The van der Waals surface area contributed by atoms with Crippen LogP contribution in [0, 0.1) is 20.8 Å².